The lowest BCUT2D eigenvalue weighted by molar-refractivity contribution is -0.127. The summed E-state index contributed by atoms with van der Waals surface area (Å²) >= 11 is 6.75. The van der Waals surface area contributed by atoms with Crippen molar-refractivity contribution in [3.63, 3.8) is 0 Å². The van der Waals surface area contributed by atoms with Crippen LogP contribution in [0.5, 0.6) is 11.5 Å². The SMILES string of the molecule is CCOc1cc(/C=C2\SC(=O)N(CC(=O)Nc3cccc(C)c3C)C2=O)cc(Cl)c1O. The summed E-state index contributed by atoms with van der Waals surface area (Å²) in [7, 11) is 0. The van der Waals surface area contributed by atoms with Gasteiger partial charge in [-0.1, -0.05) is 23.7 Å². The molecule has 3 amide bonds. The summed E-state index contributed by atoms with van der Waals surface area (Å²) in [5, 5.41) is 12.2. The van der Waals surface area contributed by atoms with Crippen LogP contribution in [0, 0.1) is 13.8 Å². The number of benzene rings is 2. The van der Waals surface area contributed by atoms with Crippen LogP contribution < -0.4 is 10.1 Å². The molecule has 0 radical (unpaired) electrons. The zero-order chi connectivity index (χ0) is 22.7. The Kier molecular flexibility index (Phi) is 6.92. The van der Waals surface area contributed by atoms with E-state index in [1.54, 1.807) is 13.0 Å². The highest BCUT2D eigenvalue weighted by molar-refractivity contribution is 8.18. The van der Waals surface area contributed by atoms with E-state index in [1.165, 1.54) is 18.2 Å². The largest absolute Gasteiger partial charge is 0.503 e. The number of amides is 3. The number of carbonyl (C=O) groups excluding carboxylic acids is 3. The van der Waals surface area contributed by atoms with Crippen LogP contribution >= 0.6 is 23.4 Å². The van der Waals surface area contributed by atoms with Crippen LogP contribution in [0.2, 0.25) is 5.02 Å². The zero-order valence-corrected chi connectivity index (χ0v) is 18.8. The molecule has 2 N–H and O–H groups in total. The lowest BCUT2D eigenvalue weighted by Gasteiger charge is -2.14. The van der Waals surface area contributed by atoms with Gasteiger partial charge in [-0.25, -0.2) is 0 Å². The van der Waals surface area contributed by atoms with Gasteiger partial charge in [-0.2, -0.15) is 0 Å². The van der Waals surface area contributed by atoms with Crippen LogP contribution in [0.1, 0.15) is 23.6 Å². The van der Waals surface area contributed by atoms with Crippen molar-refractivity contribution < 1.29 is 24.2 Å². The standard InChI is InChI=1S/C22H21ClN2O5S/c1-4-30-17-9-14(8-15(23)20(17)27)10-18-21(28)25(22(29)31-18)11-19(26)24-16-7-5-6-12(2)13(16)3/h5-10,27H,4,11H2,1-3H3,(H,24,26)/b18-10-. The van der Waals surface area contributed by atoms with Crippen LogP contribution in [0.25, 0.3) is 6.08 Å². The second kappa shape index (κ2) is 9.45. The maximum Gasteiger partial charge on any atom is 0.294 e. The molecule has 0 saturated carbocycles. The highest BCUT2D eigenvalue weighted by Gasteiger charge is 2.36. The lowest BCUT2D eigenvalue weighted by Crippen LogP contribution is -2.36. The molecule has 162 valence electrons. The number of imide groups is 1. The Morgan fingerprint density at radius 2 is 2.03 bits per heavy atom. The average molecular weight is 461 g/mol. The quantitative estimate of drug-likeness (QED) is 0.604. The summed E-state index contributed by atoms with van der Waals surface area (Å²) in [6, 6.07) is 8.49. The molecule has 1 aliphatic heterocycles. The lowest BCUT2D eigenvalue weighted by atomic mass is 10.1. The van der Waals surface area contributed by atoms with E-state index in [4.69, 9.17) is 16.3 Å². The van der Waals surface area contributed by atoms with Crippen LogP contribution in [-0.4, -0.2) is 40.2 Å². The van der Waals surface area contributed by atoms with E-state index in [0.717, 1.165) is 27.8 Å². The van der Waals surface area contributed by atoms with Gasteiger partial charge in [0, 0.05) is 5.69 Å². The molecule has 0 bridgehead atoms. The molecule has 0 unspecified atom stereocenters. The summed E-state index contributed by atoms with van der Waals surface area (Å²) in [5.74, 6) is -1.07. The van der Waals surface area contributed by atoms with Gasteiger partial charge in [-0.15, -0.1) is 0 Å². The van der Waals surface area contributed by atoms with Crippen molar-refractivity contribution in [3.8, 4) is 11.5 Å². The Hall–Kier alpha value is -2.97. The minimum Gasteiger partial charge on any atom is -0.503 e. The molecule has 0 aliphatic carbocycles. The number of phenolic OH excluding ortho intramolecular Hbond substituents is 1. The molecule has 1 aliphatic rings. The molecule has 0 spiro atoms. The smallest absolute Gasteiger partial charge is 0.294 e. The number of nitrogens with one attached hydrogen (secondary N) is 1. The van der Waals surface area contributed by atoms with E-state index >= 15 is 0 Å². The molecule has 9 heteroatoms. The fourth-order valence-corrected chi connectivity index (χ4v) is 4.01. The molecular formula is C22H21ClN2O5S. The monoisotopic (exact) mass is 460 g/mol. The Morgan fingerprint density at radius 3 is 2.74 bits per heavy atom. The van der Waals surface area contributed by atoms with Crippen molar-refractivity contribution in [2.24, 2.45) is 0 Å². The number of anilines is 1. The van der Waals surface area contributed by atoms with Gasteiger partial charge < -0.3 is 15.2 Å². The number of rotatable bonds is 6. The molecule has 31 heavy (non-hydrogen) atoms. The van der Waals surface area contributed by atoms with E-state index in [0.29, 0.717) is 17.9 Å². The number of phenols is 1. The highest BCUT2D eigenvalue weighted by atomic mass is 35.5. The number of ether oxygens (including phenoxy) is 1. The van der Waals surface area contributed by atoms with Crippen molar-refractivity contribution in [2.75, 3.05) is 18.5 Å². The molecule has 1 saturated heterocycles. The van der Waals surface area contributed by atoms with E-state index in [1.807, 2.05) is 26.0 Å². The van der Waals surface area contributed by atoms with Crippen molar-refractivity contribution in [1.82, 2.24) is 4.90 Å². The highest BCUT2D eigenvalue weighted by Crippen LogP contribution is 2.38. The first-order chi connectivity index (χ1) is 14.7. The molecule has 1 heterocycles. The number of carbonyl (C=O) groups is 3. The third kappa shape index (κ3) is 5.03. The number of thioether (sulfide) groups is 1. The predicted molar refractivity (Wildman–Crippen MR) is 122 cm³/mol. The first-order valence-electron chi connectivity index (χ1n) is 9.48. The van der Waals surface area contributed by atoms with Crippen LogP contribution in [0.4, 0.5) is 10.5 Å². The Labute approximate surface area is 189 Å². The van der Waals surface area contributed by atoms with Gasteiger partial charge in [0.15, 0.2) is 11.5 Å². The van der Waals surface area contributed by atoms with Gasteiger partial charge in [0.1, 0.15) is 6.54 Å². The van der Waals surface area contributed by atoms with Crippen LogP contribution in [-0.2, 0) is 9.59 Å². The van der Waals surface area contributed by atoms with E-state index < -0.39 is 23.6 Å². The minimum absolute atomic E-state index is 0.0596. The predicted octanol–water partition coefficient (Wildman–Crippen LogP) is 4.74. The molecule has 0 aromatic heterocycles. The Morgan fingerprint density at radius 1 is 1.29 bits per heavy atom. The molecule has 3 rings (SSSR count). The average Bonchev–Trinajstić information content (AvgIpc) is 2.97. The fourth-order valence-electron chi connectivity index (χ4n) is 2.95. The molecule has 2 aromatic carbocycles. The van der Waals surface area contributed by atoms with E-state index in [2.05, 4.69) is 5.32 Å². The van der Waals surface area contributed by atoms with E-state index in [9.17, 15) is 19.5 Å². The van der Waals surface area contributed by atoms with Crippen molar-refractivity contribution in [2.45, 2.75) is 20.8 Å². The zero-order valence-electron chi connectivity index (χ0n) is 17.2. The Bertz CT molecular complexity index is 1100. The normalized spacial score (nSPS) is 15.0. The van der Waals surface area contributed by atoms with Crippen molar-refractivity contribution in [1.29, 1.82) is 0 Å². The first kappa shape index (κ1) is 22.7. The maximum atomic E-state index is 12.7. The minimum atomic E-state index is -0.576. The van der Waals surface area contributed by atoms with Gasteiger partial charge in [-0.05, 0) is 73.5 Å². The summed E-state index contributed by atoms with van der Waals surface area (Å²) in [6.07, 6.45) is 1.47. The third-order valence-corrected chi connectivity index (χ3v) is 5.90. The van der Waals surface area contributed by atoms with Gasteiger partial charge >= 0.3 is 0 Å². The first-order valence-corrected chi connectivity index (χ1v) is 10.7. The van der Waals surface area contributed by atoms with Crippen molar-refractivity contribution >= 4 is 52.2 Å². The topological polar surface area (TPSA) is 95.9 Å². The van der Waals surface area contributed by atoms with Gasteiger partial charge in [0.05, 0.1) is 16.5 Å². The number of nitrogens with zero attached hydrogens (tertiary/aromatic N) is 1. The Balaban J connectivity index is 1.76. The number of hydrogen-bond acceptors (Lipinski definition) is 6. The second-order valence-corrected chi connectivity index (χ2v) is 8.25. The van der Waals surface area contributed by atoms with Gasteiger partial charge in [0.25, 0.3) is 11.1 Å². The summed E-state index contributed by atoms with van der Waals surface area (Å²) in [6.45, 7) is 5.50. The summed E-state index contributed by atoms with van der Waals surface area (Å²) < 4.78 is 5.33. The van der Waals surface area contributed by atoms with Gasteiger partial charge in [0.2, 0.25) is 5.91 Å². The fraction of sp³-hybridized carbons (Fsp3) is 0.227. The van der Waals surface area contributed by atoms with Crippen molar-refractivity contribution in [3.05, 3.63) is 56.9 Å². The number of aryl methyl sites for hydroxylation is 1. The molecule has 0 atom stereocenters. The van der Waals surface area contributed by atoms with Crippen LogP contribution in [0.15, 0.2) is 35.2 Å². The van der Waals surface area contributed by atoms with E-state index in [-0.39, 0.29) is 21.4 Å². The summed E-state index contributed by atoms with van der Waals surface area (Å²) in [5.41, 5.74) is 3.05. The second-order valence-electron chi connectivity index (χ2n) is 6.85. The molecule has 7 nitrogen and oxygen atoms in total. The number of hydrogen-bond donors (Lipinski definition) is 2. The number of halogens is 1. The maximum absolute atomic E-state index is 12.7. The molecule has 2 aromatic rings. The summed E-state index contributed by atoms with van der Waals surface area (Å²) in [4.78, 5) is 38.5. The molecular weight excluding hydrogens is 440 g/mol. The number of aromatic hydroxyl groups is 1. The van der Waals surface area contributed by atoms with Crippen LogP contribution in [0.3, 0.4) is 0 Å². The van der Waals surface area contributed by atoms with Gasteiger partial charge in [-0.3, -0.25) is 19.3 Å². The molecule has 1 fully saturated rings. The third-order valence-electron chi connectivity index (χ3n) is 4.70.